The molecule has 0 radical (unpaired) electrons. The van der Waals surface area contributed by atoms with Crippen LogP contribution in [0.2, 0.25) is 0 Å². The Morgan fingerprint density at radius 1 is 1.06 bits per heavy atom. The van der Waals surface area contributed by atoms with Crippen molar-refractivity contribution in [2.75, 3.05) is 13.2 Å². The molecule has 1 aromatic rings. The lowest BCUT2D eigenvalue weighted by molar-refractivity contribution is 0.297. The first-order chi connectivity index (χ1) is 8.25. The largest absolute Gasteiger partial charge is 0.490 e. The van der Waals surface area contributed by atoms with Gasteiger partial charge in [0.25, 0.3) is 0 Å². The smallest absolute Gasteiger partial charge is 0.161 e. The summed E-state index contributed by atoms with van der Waals surface area (Å²) < 4.78 is 11.5. The van der Waals surface area contributed by atoms with Gasteiger partial charge in [-0.3, -0.25) is 0 Å². The number of rotatable bonds is 0. The molecule has 0 saturated heterocycles. The highest BCUT2D eigenvalue weighted by molar-refractivity contribution is 9.09. The summed E-state index contributed by atoms with van der Waals surface area (Å²) in [6, 6.07) is 4.36. The average Bonchev–Trinajstić information content (AvgIpc) is 2.57. The molecule has 3 rings (SSSR count). The Morgan fingerprint density at radius 2 is 1.71 bits per heavy atom. The van der Waals surface area contributed by atoms with Gasteiger partial charge in [-0.25, -0.2) is 0 Å². The van der Waals surface area contributed by atoms with Crippen molar-refractivity contribution in [3.05, 3.63) is 23.3 Å². The summed E-state index contributed by atoms with van der Waals surface area (Å²) in [5, 5.41) is 0. The lowest BCUT2D eigenvalue weighted by atomic mass is 9.83. The van der Waals surface area contributed by atoms with Gasteiger partial charge in [0.1, 0.15) is 0 Å². The fourth-order valence-electron chi connectivity index (χ4n) is 2.65. The Kier molecular flexibility index (Phi) is 3.03. The van der Waals surface area contributed by atoms with Gasteiger partial charge in [0, 0.05) is 11.2 Å². The molecule has 3 heteroatoms. The quantitative estimate of drug-likeness (QED) is 0.669. The summed E-state index contributed by atoms with van der Waals surface area (Å²) >= 11 is 3.77. The highest BCUT2D eigenvalue weighted by Crippen LogP contribution is 2.46. The third kappa shape index (κ3) is 2.05. The van der Waals surface area contributed by atoms with Crippen LogP contribution in [0.3, 0.4) is 0 Å². The maximum Gasteiger partial charge on any atom is 0.161 e. The van der Waals surface area contributed by atoms with Crippen molar-refractivity contribution in [1.29, 1.82) is 0 Å². The van der Waals surface area contributed by atoms with Gasteiger partial charge in [-0.2, -0.15) is 0 Å². The molecule has 1 aliphatic carbocycles. The second kappa shape index (κ2) is 4.52. The van der Waals surface area contributed by atoms with E-state index in [-0.39, 0.29) is 0 Å². The van der Waals surface area contributed by atoms with E-state index < -0.39 is 0 Å². The van der Waals surface area contributed by atoms with Crippen molar-refractivity contribution in [2.24, 2.45) is 0 Å². The number of fused-ring (bicyclic) bond motifs is 2. The molecule has 2 nitrogen and oxygen atoms in total. The Morgan fingerprint density at radius 3 is 2.41 bits per heavy atom. The zero-order valence-corrected chi connectivity index (χ0v) is 11.6. The first-order valence-electron chi connectivity index (χ1n) is 6.33. The molecule has 2 atom stereocenters. The van der Waals surface area contributed by atoms with Crippen LogP contribution in [0, 0.1) is 0 Å². The van der Waals surface area contributed by atoms with Gasteiger partial charge in [0.15, 0.2) is 11.5 Å². The van der Waals surface area contributed by atoms with E-state index in [9.17, 15) is 0 Å². The van der Waals surface area contributed by atoms with E-state index in [2.05, 4.69) is 35.0 Å². The van der Waals surface area contributed by atoms with Gasteiger partial charge in [-0.15, -0.1) is 0 Å². The topological polar surface area (TPSA) is 18.5 Å². The van der Waals surface area contributed by atoms with Crippen LogP contribution in [0.5, 0.6) is 11.5 Å². The van der Waals surface area contributed by atoms with Gasteiger partial charge < -0.3 is 9.47 Å². The van der Waals surface area contributed by atoms with Gasteiger partial charge >= 0.3 is 0 Å². The van der Waals surface area contributed by atoms with Gasteiger partial charge in [0.05, 0.1) is 13.2 Å². The van der Waals surface area contributed by atoms with E-state index in [1.165, 1.54) is 24.0 Å². The predicted octanol–water partition coefficient (Wildman–Crippen LogP) is 4.18. The van der Waals surface area contributed by atoms with Crippen LogP contribution >= 0.6 is 15.9 Å². The van der Waals surface area contributed by atoms with Crippen molar-refractivity contribution in [3.63, 3.8) is 0 Å². The Bertz CT molecular complexity index is 391. The molecular formula is C14H17BrO2. The summed E-state index contributed by atoms with van der Waals surface area (Å²) in [5.41, 5.74) is 2.80. The van der Waals surface area contributed by atoms with E-state index in [4.69, 9.17) is 9.47 Å². The van der Waals surface area contributed by atoms with Crippen LogP contribution in [0.15, 0.2) is 12.1 Å². The summed E-state index contributed by atoms with van der Waals surface area (Å²) in [4.78, 5) is 0.464. The summed E-state index contributed by atoms with van der Waals surface area (Å²) in [6.45, 7) is 3.81. The molecule has 0 amide bonds. The van der Waals surface area contributed by atoms with Gasteiger partial charge in [0.2, 0.25) is 0 Å². The molecule has 17 heavy (non-hydrogen) atoms. The Hall–Kier alpha value is -0.700. The molecule has 1 aliphatic heterocycles. The maximum absolute atomic E-state index is 5.76. The zero-order valence-electron chi connectivity index (χ0n) is 10.0. The number of hydrogen-bond donors (Lipinski definition) is 0. The van der Waals surface area contributed by atoms with E-state index >= 15 is 0 Å². The van der Waals surface area contributed by atoms with Crippen LogP contribution in [0.1, 0.15) is 48.1 Å². The Balaban J connectivity index is 2.08. The van der Waals surface area contributed by atoms with E-state index in [0.29, 0.717) is 10.7 Å². The molecule has 2 aliphatic rings. The third-order valence-electron chi connectivity index (χ3n) is 3.67. The zero-order chi connectivity index (χ0) is 11.8. The van der Waals surface area contributed by atoms with Crippen LogP contribution in [0.25, 0.3) is 0 Å². The van der Waals surface area contributed by atoms with Gasteiger partial charge in [-0.1, -0.05) is 22.9 Å². The maximum atomic E-state index is 5.76. The van der Waals surface area contributed by atoms with Crippen molar-refractivity contribution in [1.82, 2.24) is 0 Å². The fourth-order valence-corrected chi connectivity index (χ4v) is 3.31. The first kappa shape index (κ1) is 11.4. The van der Waals surface area contributed by atoms with Crippen molar-refractivity contribution < 1.29 is 9.47 Å². The van der Waals surface area contributed by atoms with Crippen LogP contribution in [-0.4, -0.2) is 13.2 Å². The average molecular weight is 297 g/mol. The minimum atomic E-state index is 0.464. The molecular weight excluding hydrogens is 280 g/mol. The van der Waals surface area contributed by atoms with Gasteiger partial charge in [-0.05, 0) is 42.0 Å². The van der Waals surface area contributed by atoms with Crippen LogP contribution in [-0.2, 0) is 0 Å². The number of alkyl halides is 1. The second-order valence-electron chi connectivity index (χ2n) is 4.92. The lowest BCUT2D eigenvalue weighted by Crippen LogP contribution is -2.09. The number of halogens is 1. The normalized spacial score (nSPS) is 27.2. The van der Waals surface area contributed by atoms with E-state index in [1.54, 1.807) is 0 Å². The molecule has 92 valence electrons. The predicted molar refractivity (Wildman–Crippen MR) is 71.4 cm³/mol. The number of ether oxygens (including phenoxy) is 2. The molecule has 0 bridgehead atoms. The van der Waals surface area contributed by atoms with Crippen molar-refractivity contribution in [2.45, 2.75) is 36.9 Å². The first-order valence-corrected chi connectivity index (χ1v) is 7.25. The van der Waals surface area contributed by atoms with Crippen molar-refractivity contribution in [3.8, 4) is 11.5 Å². The fraction of sp³-hybridized carbons (Fsp3) is 0.571. The van der Waals surface area contributed by atoms with E-state index in [0.717, 1.165) is 31.1 Å². The third-order valence-corrected chi connectivity index (χ3v) is 4.63. The summed E-state index contributed by atoms with van der Waals surface area (Å²) in [6.07, 6.45) is 3.41. The molecule has 1 heterocycles. The van der Waals surface area contributed by atoms with Crippen LogP contribution in [0.4, 0.5) is 0 Å². The molecule has 0 N–H and O–H groups in total. The van der Waals surface area contributed by atoms with E-state index in [1.807, 2.05) is 0 Å². The molecule has 0 fully saturated rings. The summed E-state index contributed by atoms with van der Waals surface area (Å²) in [5.74, 6) is 2.46. The molecule has 0 saturated carbocycles. The molecule has 2 unspecified atom stereocenters. The number of benzene rings is 1. The SMILES string of the molecule is CC1CCC(Br)c2cc3c(cc21)OCCCO3. The molecule has 0 spiro atoms. The van der Waals surface area contributed by atoms with Crippen LogP contribution < -0.4 is 9.47 Å². The highest BCUT2D eigenvalue weighted by Gasteiger charge is 2.26. The standard InChI is InChI=1S/C14H17BrO2/c1-9-3-4-12(15)11-8-14-13(7-10(9)11)16-5-2-6-17-14/h7-9,12H,2-6H2,1H3. The second-order valence-corrected chi connectivity index (χ2v) is 6.03. The lowest BCUT2D eigenvalue weighted by Gasteiger charge is -2.27. The van der Waals surface area contributed by atoms with Crippen molar-refractivity contribution >= 4 is 15.9 Å². The summed E-state index contributed by atoms with van der Waals surface area (Å²) in [7, 11) is 0. The molecule has 1 aromatic carbocycles. The highest BCUT2D eigenvalue weighted by atomic mass is 79.9. The molecule has 0 aromatic heterocycles. The monoisotopic (exact) mass is 296 g/mol. The minimum absolute atomic E-state index is 0.464. The number of hydrogen-bond acceptors (Lipinski definition) is 2. The minimum Gasteiger partial charge on any atom is -0.490 e. The Labute approximate surface area is 110 Å².